The van der Waals surface area contributed by atoms with Gasteiger partial charge in [-0.2, -0.15) is 0 Å². The first-order chi connectivity index (χ1) is 21.2. The fourth-order valence-electron chi connectivity index (χ4n) is 6.28. The van der Waals surface area contributed by atoms with Crippen LogP contribution in [0, 0.1) is 0 Å². The van der Waals surface area contributed by atoms with Crippen molar-refractivity contribution in [2.45, 2.75) is 128 Å². The molecule has 0 saturated carbocycles. The van der Waals surface area contributed by atoms with Crippen molar-refractivity contribution in [3.05, 3.63) is 38.0 Å². The summed E-state index contributed by atoms with van der Waals surface area (Å²) in [5.74, 6) is -1.24. The quantitative estimate of drug-likeness (QED) is 0.197. The number of hydrogen-bond acceptors (Lipinski definition) is 10. The Bertz CT molecular complexity index is 1160. The molecule has 4 saturated heterocycles. The van der Waals surface area contributed by atoms with E-state index in [0.29, 0.717) is 32.4 Å². The van der Waals surface area contributed by atoms with Crippen LogP contribution in [0.3, 0.4) is 0 Å². The number of Topliss-reactive ketones (excluding diaryl/α,β-unsaturated/α-hetero) is 1. The topological polar surface area (TPSA) is 173 Å². The molecule has 48 heavy (non-hydrogen) atoms. The minimum absolute atomic E-state index is 0. The fourth-order valence-corrected chi connectivity index (χ4v) is 6.28. The van der Waals surface area contributed by atoms with Gasteiger partial charge in [-0.3, -0.25) is 14.6 Å². The third-order valence-corrected chi connectivity index (χ3v) is 8.60. The Labute approximate surface area is 297 Å². The van der Waals surface area contributed by atoms with E-state index >= 15 is 0 Å². The van der Waals surface area contributed by atoms with E-state index in [4.69, 9.17) is 14.2 Å². The number of hydrogen-bond donors (Lipinski definition) is 1. The number of likely N-dealkylation sites (tertiary alicyclic amines) is 2. The summed E-state index contributed by atoms with van der Waals surface area (Å²) >= 11 is 0. The molecule has 2 N–H and O–H groups in total. The van der Waals surface area contributed by atoms with Crippen LogP contribution in [0.15, 0.2) is 38.0 Å². The summed E-state index contributed by atoms with van der Waals surface area (Å²) in [4.78, 5) is 63.4. The van der Waals surface area contributed by atoms with Gasteiger partial charge in [0, 0.05) is 19.6 Å². The van der Waals surface area contributed by atoms with Gasteiger partial charge in [-0.1, -0.05) is 18.2 Å². The molecule has 14 heteroatoms. The maximum atomic E-state index is 12.0. The SMILES string of the molecule is C=C[C@@]1(C(=O)O)CCCN1C(=O)OC(C)(C)C.C=C[C@@]1(C(C)=O)CCCN1C(=O)OC(C)(C)C.C=C[C@@]12CCCN1[C@@H](C)OC2=O.[Li+].[OH-]. The standard InChI is InChI=1S/C13H21NO3.C12H19NO4.C9H13NO2.Li.H2O/c1-6-13(10(2)15)8-7-9-14(13)11(16)17-12(3,4)5;1-5-12(9(14)15)7-6-8-13(12)10(16)17-11(2,3)4;1-3-9-5-4-6-10(9)7(2)12-8(9)11;;/h6H,1,7-9H2,2-5H3;5H,1,6-8H2,2-4H3,(H,14,15);3,7H,1,4-6H2,2H3;;1H2/q;;;+1;/p-1/t13-;12-;7-,9+;;/m001../s1. The van der Waals surface area contributed by atoms with Crippen molar-refractivity contribution in [1.29, 1.82) is 0 Å². The molecular formula is C34H54LiN3O10. The first-order valence-electron chi connectivity index (χ1n) is 15.8. The number of nitrogens with zero attached hydrogens (tertiary/aromatic N) is 3. The Morgan fingerprint density at radius 2 is 1.23 bits per heavy atom. The largest absolute Gasteiger partial charge is 1.00 e. The predicted octanol–water partition coefficient (Wildman–Crippen LogP) is 2.29. The van der Waals surface area contributed by atoms with Crippen LogP contribution in [0.1, 0.15) is 93.9 Å². The second-order valence-electron chi connectivity index (χ2n) is 14.0. The number of fused-ring (bicyclic) bond motifs is 1. The molecule has 13 nitrogen and oxygen atoms in total. The first-order valence-corrected chi connectivity index (χ1v) is 15.8. The molecular weight excluding hydrogens is 617 g/mol. The van der Waals surface area contributed by atoms with Gasteiger partial charge >= 0.3 is 43.0 Å². The molecule has 0 aromatic heterocycles. The van der Waals surface area contributed by atoms with Crippen LogP contribution in [0.5, 0.6) is 0 Å². The van der Waals surface area contributed by atoms with E-state index in [2.05, 4.69) is 24.6 Å². The molecule has 0 aromatic rings. The Hall–Kier alpha value is -3.11. The number of aliphatic carboxylic acids is 1. The van der Waals surface area contributed by atoms with E-state index in [0.717, 1.165) is 25.8 Å². The fraction of sp³-hybridized carbons (Fsp3) is 0.676. The molecule has 4 fully saturated rings. The van der Waals surface area contributed by atoms with Crippen LogP contribution in [0.25, 0.3) is 0 Å². The maximum Gasteiger partial charge on any atom is 1.00 e. The van der Waals surface area contributed by atoms with Crippen molar-refractivity contribution >= 4 is 29.9 Å². The third kappa shape index (κ3) is 9.52. The monoisotopic (exact) mass is 671 g/mol. The van der Waals surface area contributed by atoms with Gasteiger partial charge in [0.2, 0.25) is 0 Å². The molecule has 4 heterocycles. The Balaban J connectivity index is 0.000000685. The van der Waals surface area contributed by atoms with Crippen LogP contribution in [-0.4, -0.2) is 109 Å². The van der Waals surface area contributed by atoms with Gasteiger partial charge in [-0.05, 0) is 93.9 Å². The number of ether oxygens (including phenoxy) is 3. The van der Waals surface area contributed by atoms with Gasteiger partial charge in [0.05, 0.1) is 0 Å². The van der Waals surface area contributed by atoms with Crippen molar-refractivity contribution in [3.8, 4) is 0 Å². The van der Waals surface area contributed by atoms with Crippen molar-refractivity contribution < 1.29 is 67.6 Å². The zero-order valence-corrected chi connectivity index (χ0v) is 30.3. The van der Waals surface area contributed by atoms with E-state index in [1.54, 1.807) is 32.9 Å². The molecule has 266 valence electrons. The van der Waals surface area contributed by atoms with E-state index in [1.165, 1.54) is 22.8 Å². The summed E-state index contributed by atoms with van der Waals surface area (Å²) < 4.78 is 15.7. The Morgan fingerprint density at radius 1 is 0.812 bits per heavy atom. The average Bonchev–Trinajstić information content (AvgIpc) is 3.71. The van der Waals surface area contributed by atoms with E-state index in [-0.39, 0.29) is 42.3 Å². The third-order valence-electron chi connectivity index (χ3n) is 8.60. The van der Waals surface area contributed by atoms with Gasteiger partial charge in [0.15, 0.2) is 17.6 Å². The van der Waals surface area contributed by atoms with Crippen molar-refractivity contribution in [2.24, 2.45) is 0 Å². The van der Waals surface area contributed by atoms with Gasteiger partial charge < -0.3 is 24.8 Å². The van der Waals surface area contributed by atoms with E-state index in [1.807, 2.05) is 27.7 Å². The number of cyclic esters (lactones) is 1. The van der Waals surface area contributed by atoms with Crippen molar-refractivity contribution in [2.75, 3.05) is 19.6 Å². The van der Waals surface area contributed by atoms with Gasteiger partial charge in [0.1, 0.15) is 22.3 Å². The molecule has 4 aliphatic heterocycles. The Morgan fingerprint density at radius 3 is 1.58 bits per heavy atom. The molecule has 0 aliphatic carbocycles. The summed E-state index contributed by atoms with van der Waals surface area (Å²) in [5.41, 5.74) is -3.86. The van der Waals surface area contributed by atoms with Crippen molar-refractivity contribution in [3.63, 3.8) is 0 Å². The number of ketones is 1. The molecule has 0 unspecified atom stereocenters. The zero-order valence-electron chi connectivity index (χ0n) is 30.3. The Kier molecular flexibility index (Phi) is 15.9. The molecule has 2 amide bonds. The van der Waals surface area contributed by atoms with Crippen LogP contribution >= 0.6 is 0 Å². The van der Waals surface area contributed by atoms with E-state index < -0.39 is 46.0 Å². The number of carbonyl (C=O) groups is 5. The number of amides is 2. The molecule has 4 rings (SSSR count). The van der Waals surface area contributed by atoms with Crippen LogP contribution < -0.4 is 18.9 Å². The summed E-state index contributed by atoms with van der Waals surface area (Å²) in [5, 5.41) is 9.26. The summed E-state index contributed by atoms with van der Waals surface area (Å²) in [6, 6.07) is 0. The van der Waals surface area contributed by atoms with Crippen LogP contribution in [0.2, 0.25) is 0 Å². The molecule has 4 aliphatic rings. The molecule has 0 spiro atoms. The number of carboxylic acid groups (broad SMARTS) is 1. The summed E-state index contributed by atoms with van der Waals surface area (Å²) in [6.07, 6.45) is 7.86. The smallest absolute Gasteiger partial charge is 0.870 e. The predicted molar refractivity (Wildman–Crippen MR) is 175 cm³/mol. The van der Waals surface area contributed by atoms with Gasteiger partial charge in [-0.15, -0.1) is 19.7 Å². The number of esters is 1. The second-order valence-corrected chi connectivity index (χ2v) is 14.0. The number of carbonyl (C=O) groups excluding carboxylic acids is 4. The minimum Gasteiger partial charge on any atom is -0.870 e. The summed E-state index contributed by atoms with van der Waals surface area (Å²) in [6.45, 7) is 26.9. The van der Waals surface area contributed by atoms with Gasteiger partial charge in [0.25, 0.3) is 0 Å². The normalized spacial score (nSPS) is 27.7. The first kappa shape index (κ1) is 44.9. The molecule has 0 bridgehead atoms. The van der Waals surface area contributed by atoms with Crippen LogP contribution in [0.4, 0.5) is 9.59 Å². The minimum atomic E-state index is -1.32. The van der Waals surface area contributed by atoms with Gasteiger partial charge in [-0.25, -0.2) is 24.1 Å². The number of rotatable bonds is 5. The summed E-state index contributed by atoms with van der Waals surface area (Å²) in [7, 11) is 0. The maximum absolute atomic E-state index is 12.0. The van der Waals surface area contributed by atoms with Crippen LogP contribution in [-0.2, 0) is 28.6 Å². The second kappa shape index (κ2) is 17.0. The number of carboxylic acids is 1. The zero-order chi connectivity index (χ0) is 35.3. The van der Waals surface area contributed by atoms with Crippen molar-refractivity contribution in [1.82, 2.24) is 14.7 Å². The molecule has 4 atom stereocenters. The molecule has 0 radical (unpaired) electrons. The average molecular weight is 672 g/mol. The van der Waals surface area contributed by atoms with E-state index in [9.17, 15) is 29.1 Å². The molecule has 0 aromatic carbocycles.